The molecular weight excluding hydrogens is 201 g/mol. The smallest absolute Gasteiger partial charge is 0.224 e. The minimum Gasteiger partial charge on any atom is -0.494 e. The topological polar surface area (TPSA) is 81.3 Å². The summed E-state index contributed by atoms with van der Waals surface area (Å²) in [5.41, 5.74) is 5.64. The summed E-state index contributed by atoms with van der Waals surface area (Å²) in [6, 6.07) is 2.28. The van der Waals surface area contributed by atoms with Crippen molar-refractivity contribution in [2.75, 3.05) is 12.8 Å². The van der Waals surface area contributed by atoms with Gasteiger partial charge in [0.1, 0.15) is 17.1 Å². The summed E-state index contributed by atoms with van der Waals surface area (Å²) in [5.74, 6) is -0.794. The molecular formula is C9H8FN3O2. The average molecular weight is 209 g/mol. The number of halogens is 1. The number of nitrogens with zero attached hydrogens (tertiary/aromatic N) is 2. The van der Waals surface area contributed by atoms with Crippen molar-refractivity contribution >= 4 is 16.9 Å². The van der Waals surface area contributed by atoms with Crippen molar-refractivity contribution in [3.05, 3.63) is 17.9 Å². The molecule has 0 aliphatic rings. The highest BCUT2D eigenvalue weighted by molar-refractivity contribution is 5.89. The number of benzene rings is 1. The van der Waals surface area contributed by atoms with Crippen molar-refractivity contribution in [3.8, 4) is 11.6 Å². The molecule has 0 amide bonds. The Morgan fingerprint density at radius 2 is 2.13 bits per heavy atom. The molecule has 0 bridgehead atoms. The van der Waals surface area contributed by atoms with E-state index in [4.69, 9.17) is 10.5 Å². The Labute approximate surface area is 84.3 Å². The number of aromatic nitrogens is 2. The zero-order valence-electron chi connectivity index (χ0n) is 7.86. The molecule has 1 aromatic heterocycles. The lowest BCUT2D eigenvalue weighted by molar-refractivity contribution is 0.414. The van der Waals surface area contributed by atoms with Gasteiger partial charge in [-0.2, -0.15) is 4.98 Å². The zero-order valence-corrected chi connectivity index (χ0v) is 7.86. The third-order valence-electron chi connectivity index (χ3n) is 1.95. The molecule has 0 fully saturated rings. The summed E-state index contributed by atoms with van der Waals surface area (Å²) in [5, 5.41) is 9.61. The molecule has 0 unspecified atom stereocenters. The molecule has 0 aliphatic carbocycles. The number of anilines is 1. The van der Waals surface area contributed by atoms with Crippen LogP contribution in [0.25, 0.3) is 10.9 Å². The maximum Gasteiger partial charge on any atom is 0.224 e. The first-order valence-electron chi connectivity index (χ1n) is 4.11. The molecule has 0 atom stereocenters. The third-order valence-corrected chi connectivity index (χ3v) is 1.95. The lowest BCUT2D eigenvalue weighted by Gasteiger charge is -2.06. The van der Waals surface area contributed by atoms with Gasteiger partial charge in [-0.05, 0) is 6.07 Å². The van der Waals surface area contributed by atoms with Gasteiger partial charge in [-0.3, -0.25) is 0 Å². The molecule has 0 radical (unpaired) electrons. The highest BCUT2D eigenvalue weighted by Gasteiger charge is 2.11. The van der Waals surface area contributed by atoms with Gasteiger partial charge < -0.3 is 15.6 Å². The average Bonchev–Trinajstić information content (AvgIpc) is 2.18. The lowest BCUT2D eigenvalue weighted by Crippen LogP contribution is -1.97. The Morgan fingerprint density at radius 1 is 1.40 bits per heavy atom. The third kappa shape index (κ3) is 1.50. The van der Waals surface area contributed by atoms with E-state index in [1.807, 2.05) is 0 Å². The number of methoxy groups -OCH3 is 1. The van der Waals surface area contributed by atoms with Crippen molar-refractivity contribution in [1.29, 1.82) is 0 Å². The van der Waals surface area contributed by atoms with Crippen LogP contribution in [0.15, 0.2) is 12.1 Å². The molecule has 6 heteroatoms. The molecule has 2 aromatic rings. The molecule has 0 saturated heterocycles. The Kier molecular flexibility index (Phi) is 2.03. The molecule has 78 valence electrons. The monoisotopic (exact) mass is 209 g/mol. The van der Waals surface area contributed by atoms with Crippen LogP contribution in [0.1, 0.15) is 0 Å². The van der Waals surface area contributed by atoms with Crippen LogP contribution < -0.4 is 10.5 Å². The van der Waals surface area contributed by atoms with Gasteiger partial charge in [0.15, 0.2) is 0 Å². The molecule has 0 spiro atoms. The largest absolute Gasteiger partial charge is 0.494 e. The SMILES string of the molecule is COc1cc(F)cc2c(O)nc(N)nc12. The van der Waals surface area contributed by atoms with Gasteiger partial charge in [-0.25, -0.2) is 9.37 Å². The number of nitrogen functional groups attached to an aromatic ring is 1. The van der Waals surface area contributed by atoms with Crippen LogP contribution in [-0.4, -0.2) is 22.2 Å². The Morgan fingerprint density at radius 3 is 2.80 bits per heavy atom. The maximum absolute atomic E-state index is 13.1. The van der Waals surface area contributed by atoms with Crippen molar-refractivity contribution in [3.63, 3.8) is 0 Å². The summed E-state index contributed by atoms with van der Waals surface area (Å²) in [7, 11) is 1.38. The van der Waals surface area contributed by atoms with Crippen LogP contribution in [0.2, 0.25) is 0 Å². The zero-order chi connectivity index (χ0) is 11.0. The van der Waals surface area contributed by atoms with E-state index in [1.54, 1.807) is 0 Å². The summed E-state index contributed by atoms with van der Waals surface area (Å²) >= 11 is 0. The predicted molar refractivity (Wildman–Crippen MR) is 52.1 cm³/mol. The second kappa shape index (κ2) is 3.23. The van der Waals surface area contributed by atoms with Crippen LogP contribution in [-0.2, 0) is 0 Å². The van der Waals surface area contributed by atoms with E-state index in [0.29, 0.717) is 0 Å². The fraction of sp³-hybridized carbons (Fsp3) is 0.111. The standard InChI is InChI=1S/C9H8FN3O2/c1-15-6-3-4(10)2-5-7(6)12-9(11)13-8(5)14/h2-3H,1H3,(H3,11,12,13,14). The summed E-state index contributed by atoms with van der Waals surface area (Å²) < 4.78 is 18.0. The second-order valence-corrected chi connectivity index (χ2v) is 2.91. The molecule has 15 heavy (non-hydrogen) atoms. The molecule has 1 heterocycles. The van der Waals surface area contributed by atoms with Crippen molar-refractivity contribution in [2.45, 2.75) is 0 Å². The van der Waals surface area contributed by atoms with Crippen molar-refractivity contribution in [2.24, 2.45) is 0 Å². The Balaban J connectivity index is 2.89. The molecule has 1 aromatic carbocycles. The number of fused-ring (bicyclic) bond motifs is 1. The van der Waals surface area contributed by atoms with Gasteiger partial charge in [-0.1, -0.05) is 0 Å². The number of hydrogen-bond acceptors (Lipinski definition) is 5. The Hall–Kier alpha value is -2.11. The van der Waals surface area contributed by atoms with Crippen LogP contribution in [0, 0.1) is 5.82 Å². The van der Waals surface area contributed by atoms with Gasteiger partial charge in [0.2, 0.25) is 11.8 Å². The minimum atomic E-state index is -0.539. The number of aromatic hydroxyl groups is 1. The number of rotatable bonds is 1. The first-order valence-corrected chi connectivity index (χ1v) is 4.11. The number of nitrogens with two attached hydrogens (primary N) is 1. The van der Waals surface area contributed by atoms with E-state index in [2.05, 4.69) is 9.97 Å². The number of ether oxygens (including phenoxy) is 1. The van der Waals surface area contributed by atoms with Gasteiger partial charge in [0, 0.05) is 6.07 Å². The summed E-state index contributed by atoms with van der Waals surface area (Å²) in [6.45, 7) is 0. The highest BCUT2D eigenvalue weighted by atomic mass is 19.1. The van der Waals surface area contributed by atoms with Crippen LogP contribution in [0.4, 0.5) is 10.3 Å². The summed E-state index contributed by atoms with van der Waals surface area (Å²) in [4.78, 5) is 7.38. The van der Waals surface area contributed by atoms with E-state index in [9.17, 15) is 9.50 Å². The Bertz CT molecular complexity index is 530. The highest BCUT2D eigenvalue weighted by Crippen LogP contribution is 2.30. The second-order valence-electron chi connectivity index (χ2n) is 2.91. The van der Waals surface area contributed by atoms with Crippen LogP contribution >= 0.6 is 0 Å². The molecule has 5 nitrogen and oxygen atoms in total. The van der Waals surface area contributed by atoms with Crippen molar-refractivity contribution in [1.82, 2.24) is 9.97 Å². The minimum absolute atomic E-state index is 0.0927. The first-order chi connectivity index (χ1) is 7.11. The van der Waals surface area contributed by atoms with Crippen molar-refractivity contribution < 1.29 is 14.2 Å². The molecule has 3 N–H and O–H groups in total. The van der Waals surface area contributed by atoms with Gasteiger partial charge in [-0.15, -0.1) is 0 Å². The maximum atomic E-state index is 13.1. The normalized spacial score (nSPS) is 10.5. The van der Waals surface area contributed by atoms with Crippen LogP contribution in [0.5, 0.6) is 11.6 Å². The predicted octanol–water partition coefficient (Wildman–Crippen LogP) is 1.07. The van der Waals surface area contributed by atoms with E-state index in [1.165, 1.54) is 7.11 Å². The molecule has 0 saturated carbocycles. The molecule has 0 aliphatic heterocycles. The van der Waals surface area contributed by atoms with Crippen LogP contribution in [0.3, 0.4) is 0 Å². The van der Waals surface area contributed by atoms with E-state index >= 15 is 0 Å². The molecule has 2 rings (SSSR count). The number of hydrogen-bond donors (Lipinski definition) is 2. The fourth-order valence-corrected chi connectivity index (χ4v) is 1.32. The van der Waals surface area contributed by atoms with Gasteiger partial charge in [0.25, 0.3) is 0 Å². The lowest BCUT2D eigenvalue weighted by atomic mass is 10.2. The van der Waals surface area contributed by atoms with Gasteiger partial charge in [0.05, 0.1) is 12.5 Å². The van der Waals surface area contributed by atoms with E-state index < -0.39 is 5.82 Å². The summed E-state index contributed by atoms with van der Waals surface area (Å²) in [6.07, 6.45) is 0. The van der Waals surface area contributed by atoms with Gasteiger partial charge >= 0.3 is 0 Å². The fourth-order valence-electron chi connectivity index (χ4n) is 1.32. The quantitative estimate of drug-likeness (QED) is 0.734. The van der Waals surface area contributed by atoms with E-state index in [0.717, 1.165) is 12.1 Å². The van der Waals surface area contributed by atoms with E-state index in [-0.39, 0.29) is 28.5 Å². The first kappa shape index (κ1) is 9.45.